The third kappa shape index (κ3) is 5.96. The van der Waals surface area contributed by atoms with Crippen molar-refractivity contribution in [1.29, 1.82) is 0 Å². The van der Waals surface area contributed by atoms with Crippen molar-refractivity contribution in [2.24, 2.45) is 0 Å². The van der Waals surface area contributed by atoms with Gasteiger partial charge in [0.05, 0.1) is 12.3 Å². The lowest BCUT2D eigenvalue weighted by Gasteiger charge is -2.14. The van der Waals surface area contributed by atoms with E-state index in [0.717, 1.165) is 41.5 Å². The molecule has 0 bridgehead atoms. The van der Waals surface area contributed by atoms with Crippen molar-refractivity contribution in [3.63, 3.8) is 0 Å². The minimum Gasteiger partial charge on any atom is -0.494 e. The minimum absolute atomic E-state index is 0.559. The van der Waals surface area contributed by atoms with Crippen molar-refractivity contribution in [3.8, 4) is 11.5 Å². The normalized spacial score (nSPS) is 10.3. The second-order valence-electron chi connectivity index (χ2n) is 6.08. The lowest BCUT2D eigenvalue weighted by atomic mass is 10.2. The summed E-state index contributed by atoms with van der Waals surface area (Å²) in [5.74, 6) is 1.76. The molecule has 0 spiro atoms. The molecule has 0 heterocycles. The number of hydrogen-bond acceptors (Lipinski definition) is 4. The van der Waals surface area contributed by atoms with Crippen molar-refractivity contribution >= 4 is 11.4 Å². The zero-order valence-corrected chi connectivity index (χ0v) is 15.7. The van der Waals surface area contributed by atoms with Gasteiger partial charge in [0.1, 0.15) is 18.1 Å². The van der Waals surface area contributed by atoms with Crippen LogP contribution in [0.3, 0.4) is 0 Å². The molecule has 4 heteroatoms. The monoisotopic (exact) mass is 362 g/mol. The van der Waals surface area contributed by atoms with Crippen LogP contribution in [0.1, 0.15) is 12.5 Å². The predicted octanol–water partition coefficient (Wildman–Crippen LogP) is 5.19. The fourth-order valence-corrected chi connectivity index (χ4v) is 2.71. The number of nitrogens with one attached hydrogen (secondary N) is 2. The second kappa shape index (κ2) is 10.1. The first kappa shape index (κ1) is 18.6. The number of ether oxygens (including phenoxy) is 2. The van der Waals surface area contributed by atoms with Crippen LogP contribution in [0.2, 0.25) is 0 Å². The standard InChI is InChI=1S/C23H26N2O2/c1-2-26-21-14-12-20(13-15-21)24-16-17-25-22-10-6-7-11-23(22)27-18-19-8-4-3-5-9-19/h3-15,24-25H,2,16-18H2,1H3. The Labute approximate surface area is 161 Å². The van der Waals surface area contributed by atoms with E-state index in [9.17, 15) is 0 Å². The Bertz CT molecular complexity index is 804. The quantitative estimate of drug-likeness (QED) is 0.487. The highest BCUT2D eigenvalue weighted by Gasteiger charge is 2.03. The van der Waals surface area contributed by atoms with E-state index in [1.54, 1.807) is 0 Å². The first-order chi connectivity index (χ1) is 13.3. The van der Waals surface area contributed by atoms with Crippen molar-refractivity contribution < 1.29 is 9.47 Å². The van der Waals surface area contributed by atoms with Crippen LogP contribution in [-0.4, -0.2) is 19.7 Å². The van der Waals surface area contributed by atoms with E-state index < -0.39 is 0 Å². The Kier molecular flexibility index (Phi) is 6.99. The Morgan fingerprint density at radius 1 is 0.704 bits per heavy atom. The van der Waals surface area contributed by atoms with E-state index in [0.29, 0.717) is 13.2 Å². The van der Waals surface area contributed by atoms with E-state index in [1.807, 2.05) is 73.7 Å². The average Bonchev–Trinajstić information content (AvgIpc) is 2.72. The van der Waals surface area contributed by atoms with Gasteiger partial charge >= 0.3 is 0 Å². The molecule has 0 amide bonds. The SMILES string of the molecule is CCOc1ccc(NCCNc2ccccc2OCc2ccccc2)cc1. The summed E-state index contributed by atoms with van der Waals surface area (Å²) >= 11 is 0. The number of hydrogen-bond donors (Lipinski definition) is 2. The average molecular weight is 362 g/mol. The number of anilines is 2. The van der Waals surface area contributed by atoms with Gasteiger partial charge in [0, 0.05) is 18.8 Å². The van der Waals surface area contributed by atoms with Gasteiger partial charge in [-0.3, -0.25) is 0 Å². The zero-order chi connectivity index (χ0) is 18.7. The molecule has 4 nitrogen and oxygen atoms in total. The van der Waals surface area contributed by atoms with Crippen LogP contribution < -0.4 is 20.1 Å². The minimum atomic E-state index is 0.559. The highest BCUT2D eigenvalue weighted by Crippen LogP contribution is 2.24. The predicted molar refractivity (Wildman–Crippen MR) is 112 cm³/mol. The fraction of sp³-hybridized carbons (Fsp3) is 0.217. The van der Waals surface area contributed by atoms with Crippen molar-refractivity contribution in [2.75, 3.05) is 30.3 Å². The van der Waals surface area contributed by atoms with E-state index in [4.69, 9.17) is 9.47 Å². The molecule has 3 aromatic rings. The molecule has 0 saturated carbocycles. The molecule has 0 fully saturated rings. The van der Waals surface area contributed by atoms with Gasteiger partial charge in [-0.15, -0.1) is 0 Å². The van der Waals surface area contributed by atoms with Crippen LogP contribution >= 0.6 is 0 Å². The van der Waals surface area contributed by atoms with Gasteiger partial charge in [-0.1, -0.05) is 42.5 Å². The van der Waals surface area contributed by atoms with E-state index >= 15 is 0 Å². The third-order valence-electron chi connectivity index (χ3n) is 4.06. The molecule has 0 radical (unpaired) electrons. The number of para-hydroxylation sites is 2. The summed E-state index contributed by atoms with van der Waals surface area (Å²) in [4.78, 5) is 0. The molecular formula is C23H26N2O2. The zero-order valence-electron chi connectivity index (χ0n) is 15.7. The Hall–Kier alpha value is -3.14. The van der Waals surface area contributed by atoms with Crippen LogP contribution in [0, 0.1) is 0 Å². The van der Waals surface area contributed by atoms with E-state index in [1.165, 1.54) is 0 Å². The molecule has 140 valence electrons. The Morgan fingerprint density at radius 2 is 1.41 bits per heavy atom. The fourth-order valence-electron chi connectivity index (χ4n) is 2.71. The summed E-state index contributed by atoms with van der Waals surface area (Å²) in [6.07, 6.45) is 0. The Morgan fingerprint density at radius 3 is 2.19 bits per heavy atom. The lowest BCUT2D eigenvalue weighted by Crippen LogP contribution is -2.14. The Balaban J connectivity index is 1.46. The van der Waals surface area contributed by atoms with Crippen LogP contribution in [0.15, 0.2) is 78.9 Å². The van der Waals surface area contributed by atoms with Gasteiger partial charge in [0.2, 0.25) is 0 Å². The molecule has 0 unspecified atom stereocenters. The van der Waals surface area contributed by atoms with E-state index in [2.05, 4.69) is 22.8 Å². The van der Waals surface area contributed by atoms with Crippen LogP contribution in [0.4, 0.5) is 11.4 Å². The highest BCUT2D eigenvalue weighted by atomic mass is 16.5. The molecule has 27 heavy (non-hydrogen) atoms. The molecule has 2 N–H and O–H groups in total. The molecule has 3 aromatic carbocycles. The number of rotatable bonds is 10. The summed E-state index contributed by atoms with van der Waals surface area (Å²) in [5.41, 5.74) is 3.24. The molecular weight excluding hydrogens is 336 g/mol. The maximum atomic E-state index is 5.98. The smallest absolute Gasteiger partial charge is 0.142 e. The summed E-state index contributed by atoms with van der Waals surface area (Å²) in [5, 5.41) is 6.84. The number of benzene rings is 3. The first-order valence-electron chi connectivity index (χ1n) is 9.31. The molecule has 0 aliphatic rings. The molecule has 0 aliphatic heterocycles. The molecule has 0 aromatic heterocycles. The van der Waals surface area contributed by atoms with Gasteiger partial charge in [-0.25, -0.2) is 0 Å². The maximum absolute atomic E-state index is 5.98. The van der Waals surface area contributed by atoms with Crippen molar-refractivity contribution in [1.82, 2.24) is 0 Å². The largest absolute Gasteiger partial charge is 0.494 e. The third-order valence-corrected chi connectivity index (χ3v) is 4.06. The summed E-state index contributed by atoms with van der Waals surface area (Å²) in [6, 6.07) is 26.2. The van der Waals surface area contributed by atoms with Gasteiger partial charge in [0.25, 0.3) is 0 Å². The van der Waals surface area contributed by atoms with Gasteiger partial charge in [0.15, 0.2) is 0 Å². The highest BCUT2D eigenvalue weighted by molar-refractivity contribution is 5.56. The topological polar surface area (TPSA) is 42.5 Å². The molecule has 0 saturated heterocycles. The summed E-state index contributed by atoms with van der Waals surface area (Å²) in [6.45, 7) is 4.82. The molecule has 3 rings (SSSR count). The van der Waals surface area contributed by atoms with Gasteiger partial charge in [-0.2, -0.15) is 0 Å². The van der Waals surface area contributed by atoms with Crippen LogP contribution in [0.25, 0.3) is 0 Å². The van der Waals surface area contributed by atoms with Crippen LogP contribution in [-0.2, 0) is 6.61 Å². The van der Waals surface area contributed by atoms with Crippen molar-refractivity contribution in [3.05, 3.63) is 84.4 Å². The van der Waals surface area contributed by atoms with E-state index in [-0.39, 0.29) is 0 Å². The lowest BCUT2D eigenvalue weighted by molar-refractivity contribution is 0.307. The summed E-state index contributed by atoms with van der Waals surface area (Å²) in [7, 11) is 0. The van der Waals surface area contributed by atoms with Crippen molar-refractivity contribution in [2.45, 2.75) is 13.5 Å². The molecule has 0 aliphatic carbocycles. The first-order valence-corrected chi connectivity index (χ1v) is 9.31. The second-order valence-corrected chi connectivity index (χ2v) is 6.08. The van der Waals surface area contributed by atoms with Gasteiger partial charge in [-0.05, 0) is 48.9 Å². The van der Waals surface area contributed by atoms with Crippen LogP contribution in [0.5, 0.6) is 11.5 Å². The molecule has 0 atom stereocenters. The summed E-state index contributed by atoms with van der Waals surface area (Å²) < 4.78 is 11.4. The van der Waals surface area contributed by atoms with Gasteiger partial charge < -0.3 is 20.1 Å². The maximum Gasteiger partial charge on any atom is 0.142 e.